The molecule has 1 N–H and O–H groups in total. The number of benzene rings is 1. The normalized spacial score (nSPS) is 22.0. The van der Waals surface area contributed by atoms with Crippen LogP contribution in [0.25, 0.3) is 11.4 Å². The van der Waals surface area contributed by atoms with Crippen molar-refractivity contribution in [2.24, 2.45) is 5.92 Å². The summed E-state index contributed by atoms with van der Waals surface area (Å²) >= 11 is 0. The maximum absolute atomic E-state index is 4.47. The van der Waals surface area contributed by atoms with E-state index in [1.807, 2.05) is 42.7 Å². The van der Waals surface area contributed by atoms with Gasteiger partial charge < -0.3 is 5.32 Å². The largest absolute Gasteiger partial charge is 0.380 e. The van der Waals surface area contributed by atoms with E-state index in [4.69, 9.17) is 0 Å². The topological polar surface area (TPSA) is 37.8 Å². The number of hydrogen-bond acceptors (Lipinski definition) is 3. The van der Waals surface area contributed by atoms with E-state index in [0.717, 1.165) is 23.0 Å². The Morgan fingerprint density at radius 2 is 1.67 bits per heavy atom. The second kappa shape index (κ2) is 6.70. The molecule has 0 bridgehead atoms. The number of hydrogen-bond donors (Lipinski definition) is 1. The van der Waals surface area contributed by atoms with Crippen LogP contribution >= 0.6 is 0 Å². The minimum Gasteiger partial charge on any atom is -0.380 e. The van der Waals surface area contributed by atoms with Crippen molar-refractivity contribution < 1.29 is 0 Å². The Morgan fingerprint density at radius 1 is 1.00 bits per heavy atom. The molecule has 0 amide bonds. The molecule has 1 aliphatic rings. The first-order valence-corrected chi connectivity index (χ1v) is 7.99. The predicted molar refractivity (Wildman–Crippen MR) is 87.1 cm³/mol. The number of nitrogens with one attached hydrogen (secondary N) is 1. The van der Waals surface area contributed by atoms with Crippen LogP contribution in [0.5, 0.6) is 0 Å². The molecule has 2 aromatic rings. The second-order valence-electron chi connectivity index (χ2n) is 5.93. The van der Waals surface area contributed by atoms with Crippen LogP contribution in [0.1, 0.15) is 39.0 Å². The highest BCUT2D eigenvalue weighted by atomic mass is 15.0. The van der Waals surface area contributed by atoms with Crippen molar-refractivity contribution in [3.8, 4) is 11.4 Å². The molecule has 0 radical (unpaired) electrons. The van der Waals surface area contributed by atoms with Crippen molar-refractivity contribution in [3.05, 3.63) is 42.7 Å². The summed E-state index contributed by atoms with van der Waals surface area (Å²) in [6.07, 6.45) is 10.3. The van der Waals surface area contributed by atoms with Gasteiger partial charge in [0.15, 0.2) is 5.82 Å². The maximum atomic E-state index is 4.47. The lowest BCUT2D eigenvalue weighted by atomic mass is 9.84. The third-order valence-corrected chi connectivity index (χ3v) is 4.48. The zero-order valence-electron chi connectivity index (χ0n) is 12.6. The first kappa shape index (κ1) is 14.1. The summed E-state index contributed by atoms with van der Waals surface area (Å²) in [5.74, 6) is 1.72. The van der Waals surface area contributed by atoms with Crippen LogP contribution in [0.2, 0.25) is 0 Å². The van der Waals surface area contributed by atoms with Gasteiger partial charge in [0.05, 0.1) is 18.1 Å². The van der Waals surface area contributed by atoms with Gasteiger partial charge in [-0.05, 0) is 31.6 Å². The van der Waals surface area contributed by atoms with Crippen molar-refractivity contribution in [1.29, 1.82) is 0 Å². The fourth-order valence-electron chi connectivity index (χ4n) is 3.09. The molecule has 0 aliphatic heterocycles. The molecule has 1 aromatic heterocycles. The molecule has 21 heavy (non-hydrogen) atoms. The molecule has 3 heteroatoms. The highest BCUT2D eigenvalue weighted by Crippen LogP contribution is 2.28. The second-order valence-corrected chi connectivity index (χ2v) is 5.93. The Balaban J connectivity index is 1.60. The molecular weight excluding hydrogens is 258 g/mol. The molecule has 1 saturated carbocycles. The molecule has 1 fully saturated rings. The van der Waals surface area contributed by atoms with Gasteiger partial charge in [-0.15, -0.1) is 0 Å². The van der Waals surface area contributed by atoms with Crippen LogP contribution in [0.4, 0.5) is 5.69 Å². The lowest BCUT2D eigenvalue weighted by Crippen LogP contribution is -2.26. The van der Waals surface area contributed by atoms with Crippen molar-refractivity contribution in [3.63, 3.8) is 0 Å². The fraction of sp³-hybridized carbons (Fsp3) is 0.444. The average molecular weight is 281 g/mol. The average Bonchev–Trinajstić information content (AvgIpc) is 2.57. The van der Waals surface area contributed by atoms with E-state index < -0.39 is 0 Å². The monoisotopic (exact) mass is 281 g/mol. The Kier molecular flexibility index (Phi) is 4.49. The zero-order chi connectivity index (χ0) is 14.5. The van der Waals surface area contributed by atoms with E-state index >= 15 is 0 Å². The van der Waals surface area contributed by atoms with Crippen molar-refractivity contribution in [2.75, 3.05) is 5.32 Å². The van der Waals surface area contributed by atoms with Crippen molar-refractivity contribution in [1.82, 2.24) is 9.97 Å². The lowest BCUT2D eigenvalue weighted by molar-refractivity contribution is 0.330. The number of rotatable bonds is 4. The fourth-order valence-corrected chi connectivity index (χ4v) is 3.09. The minimum atomic E-state index is 0.582. The molecule has 0 spiro atoms. The van der Waals surface area contributed by atoms with Gasteiger partial charge in [0, 0.05) is 11.6 Å². The van der Waals surface area contributed by atoms with Crippen LogP contribution in [-0.4, -0.2) is 16.0 Å². The van der Waals surface area contributed by atoms with Crippen LogP contribution in [0.3, 0.4) is 0 Å². The Hall–Kier alpha value is -1.90. The maximum Gasteiger partial charge on any atom is 0.159 e. The van der Waals surface area contributed by atoms with Crippen molar-refractivity contribution >= 4 is 5.69 Å². The van der Waals surface area contributed by atoms with Crippen LogP contribution in [0, 0.1) is 5.92 Å². The summed E-state index contributed by atoms with van der Waals surface area (Å²) in [5.41, 5.74) is 2.10. The first-order valence-electron chi connectivity index (χ1n) is 7.99. The van der Waals surface area contributed by atoms with Gasteiger partial charge in [-0.1, -0.05) is 43.7 Å². The molecule has 3 nitrogen and oxygen atoms in total. The van der Waals surface area contributed by atoms with Gasteiger partial charge in [0.1, 0.15) is 0 Å². The Labute approximate surface area is 126 Å². The number of nitrogens with zero attached hydrogens (tertiary/aromatic N) is 2. The lowest BCUT2D eigenvalue weighted by Gasteiger charge is -2.28. The standard InChI is InChI=1S/C18H23N3/c1-2-14-8-10-16(11-9-14)21-17-12-19-18(20-13-17)15-6-4-3-5-7-15/h3-7,12-14,16,21H,2,8-11H2,1H3. The molecular formula is C18H23N3. The minimum absolute atomic E-state index is 0.582. The Bertz CT molecular complexity index is 542. The third kappa shape index (κ3) is 3.60. The van der Waals surface area contributed by atoms with E-state index in [1.54, 1.807) is 0 Å². The highest BCUT2D eigenvalue weighted by Gasteiger charge is 2.19. The van der Waals surface area contributed by atoms with Gasteiger partial charge in [0.25, 0.3) is 0 Å². The highest BCUT2D eigenvalue weighted by molar-refractivity contribution is 5.55. The smallest absolute Gasteiger partial charge is 0.159 e. The van der Waals surface area contributed by atoms with Gasteiger partial charge in [0.2, 0.25) is 0 Å². The van der Waals surface area contributed by atoms with E-state index in [9.17, 15) is 0 Å². The number of anilines is 1. The molecule has 1 aliphatic carbocycles. The van der Waals surface area contributed by atoms with Crippen molar-refractivity contribution in [2.45, 2.75) is 45.1 Å². The summed E-state index contributed by atoms with van der Waals surface area (Å²) in [6.45, 7) is 2.30. The molecule has 110 valence electrons. The van der Waals surface area contributed by atoms with Crippen LogP contribution in [-0.2, 0) is 0 Å². The Morgan fingerprint density at radius 3 is 2.29 bits per heavy atom. The summed E-state index contributed by atoms with van der Waals surface area (Å²) < 4.78 is 0. The molecule has 3 rings (SSSR count). The zero-order valence-corrected chi connectivity index (χ0v) is 12.6. The van der Waals surface area contributed by atoms with E-state index in [-0.39, 0.29) is 0 Å². The summed E-state index contributed by atoms with van der Waals surface area (Å²) in [5, 5.41) is 3.58. The van der Waals surface area contributed by atoms with E-state index in [2.05, 4.69) is 22.2 Å². The number of aromatic nitrogens is 2. The predicted octanol–water partition coefficient (Wildman–Crippen LogP) is 4.52. The molecule has 0 unspecified atom stereocenters. The molecule has 1 aromatic carbocycles. The summed E-state index contributed by atoms with van der Waals surface area (Å²) in [4.78, 5) is 8.94. The SMILES string of the molecule is CCC1CCC(Nc2cnc(-c3ccccc3)nc2)CC1. The molecule has 0 atom stereocenters. The van der Waals surface area contributed by atoms with E-state index in [0.29, 0.717) is 6.04 Å². The first-order chi connectivity index (χ1) is 10.3. The van der Waals surface area contributed by atoms with Gasteiger partial charge in [-0.2, -0.15) is 0 Å². The summed E-state index contributed by atoms with van der Waals surface area (Å²) in [7, 11) is 0. The molecule has 0 saturated heterocycles. The van der Waals surface area contributed by atoms with Gasteiger partial charge in [-0.25, -0.2) is 9.97 Å². The van der Waals surface area contributed by atoms with Gasteiger partial charge in [-0.3, -0.25) is 0 Å². The van der Waals surface area contributed by atoms with E-state index in [1.165, 1.54) is 32.1 Å². The third-order valence-electron chi connectivity index (χ3n) is 4.48. The van der Waals surface area contributed by atoms with Gasteiger partial charge >= 0.3 is 0 Å². The molecule has 1 heterocycles. The summed E-state index contributed by atoms with van der Waals surface area (Å²) in [6, 6.07) is 10.7. The quantitative estimate of drug-likeness (QED) is 0.895. The van der Waals surface area contributed by atoms with Crippen LogP contribution in [0.15, 0.2) is 42.7 Å². The van der Waals surface area contributed by atoms with Crippen LogP contribution < -0.4 is 5.32 Å².